The van der Waals surface area contributed by atoms with Crippen LogP contribution in [0.2, 0.25) is 0 Å². The summed E-state index contributed by atoms with van der Waals surface area (Å²) >= 11 is 0. The summed E-state index contributed by atoms with van der Waals surface area (Å²) in [6.07, 6.45) is 0.876. The van der Waals surface area contributed by atoms with Gasteiger partial charge < -0.3 is 15.0 Å². The molecule has 136 valence electrons. The van der Waals surface area contributed by atoms with E-state index < -0.39 is 0 Å². The predicted octanol–water partition coefficient (Wildman–Crippen LogP) is 3.70. The fourth-order valence-corrected chi connectivity index (χ4v) is 2.47. The van der Waals surface area contributed by atoms with Crippen LogP contribution in [0.3, 0.4) is 0 Å². The molecule has 0 bridgehead atoms. The zero-order valence-electron chi connectivity index (χ0n) is 14.8. The number of aliphatic imine (C=N–C) groups is 1. The van der Waals surface area contributed by atoms with Crippen molar-refractivity contribution in [1.29, 1.82) is 0 Å². The van der Waals surface area contributed by atoms with Gasteiger partial charge in [-0.25, -0.2) is 4.39 Å². The number of nitrogens with one attached hydrogen (secondary N) is 1. The van der Waals surface area contributed by atoms with Crippen molar-refractivity contribution in [1.82, 2.24) is 10.2 Å². The van der Waals surface area contributed by atoms with Gasteiger partial charge >= 0.3 is 0 Å². The summed E-state index contributed by atoms with van der Waals surface area (Å²) in [5.74, 6) is 1.45. The lowest BCUT2D eigenvalue weighted by atomic mass is 10.1. The number of methoxy groups -OCH3 is 1. The largest absolute Gasteiger partial charge is 0.497 e. The normalized spacial score (nSPS) is 10.8. The van der Waals surface area contributed by atoms with Gasteiger partial charge in [0.1, 0.15) is 11.6 Å². The Hall–Kier alpha value is -1.83. The van der Waals surface area contributed by atoms with Crippen LogP contribution < -0.4 is 10.1 Å². The molecule has 0 atom stereocenters. The number of guanidine groups is 1. The van der Waals surface area contributed by atoms with Crippen LogP contribution in [0.5, 0.6) is 5.75 Å². The molecule has 2 aromatic rings. The van der Waals surface area contributed by atoms with E-state index in [-0.39, 0.29) is 29.8 Å². The summed E-state index contributed by atoms with van der Waals surface area (Å²) in [5, 5.41) is 3.35. The quantitative estimate of drug-likeness (QED) is 0.409. The number of nitrogens with zero attached hydrogens (tertiary/aromatic N) is 2. The topological polar surface area (TPSA) is 36.9 Å². The first kappa shape index (κ1) is 21.2. The molecule has 2 aromatic carbocycles. The average Bonchev–Trinajstić information content (AvgIpc) is 2.61. The van der Waals surface area contributed by atoms with E-state index in [0.29, 0.717) is 6.54 Å². The lowest BCUT2D eigenvalue weighted by Gasteiger charge is -2.22. The Morgan fingerprint density at radius 3 is 2.52 bits per heavy atom. The highest BCUT2D eigenvalue weighted by atomic mass is 127. The number of hydrogen-bond acceptors (Lipinski definition) is 2. The molecule has 0 fully saturated rings. The zero-order chi connectivity index (χ0) is 17.4. The van der Waals surface area contributed by atoms with E-state index in [9.17, 15) is 4.39 Å². The lowest BCUT2D eigenvalue weighted by molar-refractivity contribution is 0.414. The minimum atomic E-state index is -0.220. The van der Waals surface area contributed by atoms with Crippen LogP contribution in [0, 0.1) is 5.82 Å². The van der Waals surface area contributed by atoms with Crippen LogP contribution in [0.15, 0.2) is 53.5 Å². The Morgan fingerprint density at radius 1 is 1.16 bits per heavy atom. The Bertz CT molecular complexity index is 677. The SMILES string of the molecule is CN=C(NCCc1cccc(OC)c1)N(C)Cc1ccc(F)cc1.I. The van der Waals surface area contributed by atoms with E-state index in [0.717, 1.165) is 30.2 Å². The van der Waals surface area contributed by atoms with Gasteiger partial charge in [-0.1, -0.05) is 24.3 Å². The number of halogens is 2. The summed E-state index contributed by atoms with van der Waals surface area (Å²) in [7, 11) is 5.39. The molecule has 0 unspecified atom stereocenters. The maximum Gasteiger partial charge on any atom is 0.193 e. The molecular weight excluding hydrogens is 432 g/mol. The van der Waals surface area contributed by atoms with Crippen LogP contribution in [0.25, 0.3) is 0 Å². The second-order valence-electron chi connectivity index (χ2n) is 5.56. The minimum Gasteiger partial charge on any atom is -0.497 e. The monoisotopic (exact) mass is 457 g/mol. The van der Waals surface area contributed by atoms with Gasteiger partial charge in [0, 0.05) is 27.2 Å². The van der Waals surface area contributed by atoms with Crippen LogP contribution in [0.1, 0.15) is 11.1 Å². The van der Waals surface area contributed by atoms with Gasteiger partial charge in [-0.15, -0.1) is 24.0 Å². The fourth-order valence-electron chi connectivity index (χ4n) is 2.47. The molecule has 0 spiro atoms. The first-order chi connectivity index (χ1) is 11.6. The molecule has 0 saturated carbocycles. The van der Waals surface area contributed by atoms with Gasteiger partial charge in [-0.3, -0.25) is 4.99 Å². The van der Waals surface area contributed by atoms with Gasteiger partial charge in [0.05, 0.1) is 7.11 Å². The van der Waals surface area contributed by atoms with E-state index in [2.05, 4.69) is 16.4 Å². The number of benzene rings is 2. The molecule has 0 aliphatic rings. The van der Waals surface area contributed by atoms with Gasteiger partial charge in [0.25, 0.3) is 0 Å². The Morgan fingerprint density at radius 2 is 1.88 bits per heavy atom. The molecule has 25 heavy (non-hydrogen) atoms. The summed E-state index contributed by atoms with van der Waals surface area (Å²) < 4.78 is 18.2. The first-order valence-electron chi connectivity index (χ1n) is 7.91. The maximum atomic E-state index is 13.0. The number of hydrogen-bond donors (Lipinski definition) is 1. The predicted molar refractivity (Wildman–Crippen MR) is 111 cm³/mol. The molecule has 0 saturated heterocycles. The van der Waals surface area contributed by atoms with E-state index in [1.807, 2.05) is 30.1 Å². The van der Waals surface area contributed by atoms with Crippen LogP contribution >= 0.6 is 24.0 Å². The summed E-state index contributed by atoms with van der Waals surface area (Å²) in [6, 6.07) is 14.6. The molecular formula is C19H25FIN3O. The molecule has 0 aliphatic carbocycles. The maximum absolute atomic E-state index is 13.0. The Balaban J connectivity index is 0.00000312. The summed E-state index contributed by atoms with van der Waals surface area (Å²) in [5.41, 5.74) is 2.24. The molecule has 0 aromatic heterocycles. The molecule has 0 radical (unpaired) electrons. The third-order valence-corrected chi connectivity index (χ3v) is 3.74. The smallest absolute Gasteiger partial charge is 0.193 e. The average molecular weight is 457 g/mol. The van der Waals surface area contributed by atoms with E-state index in [4.69, 9.17) is 4.74 Å². The summed E-state index contributed by atoms with van der Waals surface area (Å²) in [4.78, 5) is 6.31. The molecule has 4 nitrogen and oxygen atoms in total. The highest BCUT2D eigenvalue weighted by molar-refractivity contribution is 14.0. The molecule has 0 amide bonds. The van der Waals surface area contributed by atoms with Crippen molar-refractivity contribution in [3.63, 3.8) is 0 Å². The van der Waals surface area contributed by atoms with Crippen molar-refractivity contribution in [3.8, 4) is 5.75 Å². The van der Waals surface area contributed by atoms with Crippen molar-refractivity contribution in [2.24, 2.45) is 4.99 Å². The molecule has 0 heterocycles. The molecule has 2 rings (SSSR count). The van der Waals surface area contributed by atoms with Crippen molar-refractivity contribution in [2.45, 2.75) is 13.0 Å². The fraction of sp³-hybridized carbons (Fsp3) is 0.316. The molecule has 1 N–H and O–H groups in total. The summed E-state index contributed by atoms with van der Waals surface area (Å²) in [6.45, 7) is 1.44. The van der Waals surface area contributed by atoms with E-state index >= 15 is 0 Å². The highest BCUT2D eigenvalue weighted by Gasteiger charge is 2.06. The van der Waals surface area contributed by atoms with Crippen LogP contribution in [-0.4, -0.2) is 38.6 Å². The van der Waals surface area contributed by atoms with Gasteiger partial charge in [0.15, 0.2) is 5.96 Å². The van der Waals surface area contributed by atoms with Gasteiger partial charge in [0.2, 0.25) is 0 Å². The zero-order valence-corrected chi connectivity index (χ0v) is 17.2. The Kier molecular flexibility index (Phi) is 9.26. The molecule has 6 heteroatoms. The van der Waals surface area contributed by atoms with Crippen molar-refractivity contribution >= 4 is 29.9 Å². The third-order valence-electron chi connectivity index (χ3n) is 3.74. The minimum absolute atomic E-state index is 0. The van der Waals surface area contributed by atoms with Crippen molar-refractivity contribution < 1.29 is 9.13 Å². The third kappa shape index (κ3) is 6.89. The number of rotatable bonds is 6. The van der Waals surface area contributed by atoms with E-state index in [1.165, 1.54) is 17.7 Å². The second-order valence-corrected chi connectivity index (χ2v) is 5.56. The standard InChI is InChI=1S/C19H24FN3O.HI/c1-21-19(23(2)14-16-7-9-17(20)10-8-16)22-12-11-15-5-4-6-18(13-15)24-3;/h4-10,13H,11-12,14H2,1-3H3,(H,21,22);1H. The van der Waals surface area contributed by atoms with Crippen molar-refractivity contribution in [3.05, 3.63) is 65.5 Å². The molecule has 0 aliphatic heterocycles. The number of ether oxygens (including phenoxy) is 1. The van der Waals surface area contributed by atoms with Crippen LogP contribution in [-0.2, 0) is 13.0 Å². The van der Waals surface area contributed by atoms with Crippen molar-refractivity contribution in [2.75, 3.05) is 27.7 Å². The first-order valence-corrected chi connectivity index (χ1v) is 7.91. The van der Waals surface area contributed by atoms with Gasteiger partial charge in [-0.2, -0.15) is 0 Å². The van der Waals surface area contributed by atoms with Gasteiger partial charge in [-0.05, 0) is 41.8 Å². The Labute approximate surface area is 166 Å². The highest BCUT2D eigenvalue weighted by Crippen LogP contribution is 2.12. The van der Waals surface area contributed by atoms with E-state index in [1.54, 1.807) is 26.3 Å². The second kappa shape index (κ2) is 10.9. The van der Waals surface area contributed by atoms with Crippen LogP contribution in [0.4, 0.5) is 4.39 Å². The lowest BCUT2D eigenvalue weighted by Crippen LogP contribution is -2.39.